The maximum atomic E-state index is 13.6. The van der Waals surface area contributed by atoms with Crippen LogP contribution in [0.5, 0.6) is 0 Å². The monoisotopic (exact) mass is 467 g/mol. The fourth-order valence-corrected chi connectivity index (χ4v) is 4.23. The second-order valence-electron chi connectivity index (χ2n) is 7.62. The van der Waals surface area contributed by atoms with Gasteiger partial charge in [-0.3, -0.25) is 4.79 Å². The zero-order chi connectivity index (χ0) is 23.2. The van der Waals surface area contributed by atoms with E-state index in [2.05, 4.69) is 4.98 Å². The molecule has 33 heavy (non-hydrogen) atoms. The molecule has 0 saturated heterocycles. The van der Waals surface area contributed by atoms with Gasteiger partial charge >= 0.3 is 0 Å². The van der Waals surface area contributed by atoms with E-state index in [1.807, 2.05) is 48.5 Å². The highest BCUT2D eigenvalue weighted by molar-refractivity contribution is 7.16. The Morgan fingerprint density at radius 2 is 1.79 bits per heavy atom. The number of amides is 1. The fourth-order valence-electron chi connectivity index (χ4n) is 3.57. The van der Waals surface area contributed by atoms with Gasteiger partial charge in [-0.05, 0) is 47.9 Å². The SMILES string of the molecule is N[C@@H](Cc1cc(F)cc(F)c1)C(=O)N(CCOCc1ccccc1)c1ccc2scnc2c1. The van der Waals surface area contributed by atoms with Gasteiger partial charge in [0.1, 0.15) is 11.6 Å². The standard InChI is InChI=1S/C25H23F2N3O2S/c26-19-10-18(11-20(27)13-19)12-22(28)25(31)30(8-9-32-15-17-4-2-1-3-5-17)21-6-7-24-23(14-21)29-16-33-24/h1-7,10-11,13-14,16,22H,8-9,12,15,28H2/t22-/m0/s1. The highest BCUT2D eigenvalue weighted by atomic mass is 32.1. The van der Waals surface area contributed by atoms with Crippen molar-refractivity contribution in [2.75, 3.05) is 18.1 Å². The first-order chi connectivity index (χ1) is 16.0. The van der Waals surface area contributed by atoms with Gasteiger partial charge in [0, 0.05) is 18.3 Å². The van der Waals surface area contributed by atoms with Gasteiger partial charge in [-0.2, -0.15) is 0 Å². The summed E-state index contributed by atoms with van der Waals surface area (Å²) in [5.41, 5.74) is 10.7. The molecule has 4 rings (SSSR count). The average Bonchev–Trinajstić information content (AvgIpc) is 3.26. The van der Waals surface area contributed by atoms with E-state index in [9.17, 15) is 13.6 Å². The van der Waals surface area contributed by atoms with Gasteiger partial charge < -0.3 is 15.4 Å². The van der Waals surface area contributed by atoms with Crippen LogP contribution in [0.4, 0.5) is 14.5 Å². The van der Waals surface area contributed by atoms with Crippen molar-refractivity contribution < 1.29 is 18.3 Å². The maximum absolute atomic E-state index is 13.6. The van der Waals surface area contributed by atoms with Crippen molar-refractivity contribution in [1.29, 1.82) is 0 Å². The van der Waals surface area contributed by atoms with E-state index < -0.39 is 17.7 Å². The van der Waals surface area contributed by atoms with Gasteiger partial charge in [0.25, 0.3) is 0 Å². The number of halogens is 2. The van der Waals surface area contributed by atoms with Crippen LogP contribution in [0.2, 0.25) is 0 Å². The number of aromatic nitrogens is 1. The van der Waals surface area contributed by atoms with Crippen LogP contribution in [-0.2, 0) is 22.6 Å². The second-order valence-corrected chi connectivity index (χ2v) is 8.51. The Labute approximate surface area is 194 Å². The van der Waals surface area contributed by atoms with Crippen LogP contribution in [0, 0.1) is 11.6 Å². The summed E-state index contributed by atoms with van der Waals surface area (Å²) in [4.78, 5) is 19.2. The zero-order valence-electron chi connectivity index (χ0n) is 17.8. The third-order valence-electron chi connectivity index (χ3n) is 5.16. The molecule has 0 unspecified atom stereocenters. The summed E-state index contributed by atoms with van der Waals surface area (Å²) in [5.74, 6) is -1.77. The highest BCUT2D eigenvalue weighted by Gasteiger charge is 2.23. The van der Waals surface area contributed by atoms with E-state index in [0.29, 0.717) is 17.9 Å². The Hall–Kier alpha value is -3.20. The van der Waals surface area contributed by atoms with Crippen molar-refractivity contribution >= 4 is 33.1 Å². The van der Waals surface area contributed by atoms with Crippen LogP contribution in [0.25, 0.3) is 10.2 Å². The van der Waals surface area contributed by atoms with Crippen LogP contribution in [-0.4, -0.2) is 30.1 Å². The minimum absolute atomic E-state index is 0.00777. The molecule has 1 aromatic heterocycles. The molecule has 0 aliphatic heterocycles. The van der Waals surface area contributed by atoms with E-state index in [4.69, 9.17) is 10.5 Å². The summed E-state index contributed by atoms with van der Waals surface area (Å²) < 4.78 is 33.9. The Morgan fingerprint density at radius 3 is 2.55 bits per heavy atom. The summed E-state index contributed by atoms with van der Waals surface area (Å²) in [7, 11) is 0. The van der Waals surface area contributed by atoms with Gasteiger partial charge in [-0.25, -0.2) is 13.8 Å². The molecule has 8 heteroatoms. The van der Waals surface area contributed by atoms with Crippen molar-refractivity contribution in [1.82, 2.24) is 4.98 Å². The summed E-state index contributed by atoms with van der Waals surface area (Å²) in [6.45, 7) is 0.978. The second kappa shape index (κ2) is 10.6. The predicted octanol–water partition coefficient (Wildman–Crippen LogP) is 4.69. The number of benzene rings is 3. The summed E-state index contributed by atoms with van der Waals surface area (Å²) in [6, 6.07) is 17.5. The van der Waals surface area contributed by atoms with Gasteiger partial charge in [0.05, 0.1) is 35.0 Å². The summed E-state index contributed by atoms with van der Waals surface area (Å²) in [5, 5.41) is 0. The van der Waals surface area contributed by atoms with Gasteiger partial charge in [-0.15, -0.1) is 11.3 Å². The molecule has 0 aliphatic carbocycles. The smallest absolute Gasteiger partial charge is 0.244 e. The molecular formula is C25H23F2N3O2S. The Bertz CT molecular complexity index is 1210. The third kappa shape index (κ3) is 5.98. The number of thiazole rings is 1. The van der Waals surface area contributed by atoms with Crippen molar-refractivity contribution in [3.8, 4) is 0 Å². The lowest BCUT2D eigenvalue weighted by Crippen LogP contribution is -2.46. The molecule has 1 heterocycles. The number of carbonyl (C=O) groups is 1. The molecule has 2 N–H and O–H groups in total. The van der Waals surface area contributed by atoms with Crippen molar-refractivity contribution in [3.05, 3.63) is 95.0 Å². The van der Waals surface area contributed by atoms with Crippen LogP contribution < -0.4 is 10.6 Å². The number of fused-ring (bicyclic) bond motifs is 1. The van der Waals surface area contributed by atoms with Crippen LogP contribution in [0.3, 0.4) is 0 Å². The van der Waals surface area contributed by atoms with E-state index in [1.54, 1.807) is 10.4 Å². The van der Waals surface area contributed by atoms with Crippen molar-refractivity contribution in [3.63, 3.8) is 0 Å². The van der Waals surface area contributed by atoms with Crippen LogP contribution in [0.15, 0.2) is 72.2 Å². The maximum Gasteiger partial charge on any atom is 0.244 e. The molecule has 170 valence electrons. The summed E-state index contributed by atoms with van der Waals surface area (Å²) in [6.07, 6.45) is 0.00777. The first-order valence-corrected chi connectivity index (χ1v) is 11.3. The van der Waals surface area contributed by atoms with Gasteiger partial charge in [0.15, 0.2) is 0 Å². The molecule has 0 fully saturated rings. The Kier molecular flexibility index (Phi) is 7.39. The zero-order valence-corrected chi connectivity index (χ0v) is 18.6. The largest absolute Gasteiger partial charge is 0.375 e. The molecular weight excluding hydrogens is 444 g/mol. The molecule has 3 aromatic carbocycles. The van der Waals surface area contributed by atoms with Crippen LogP contribution >= 0.6 is 11.3 Å². The number of rotatable bonds is 9. The number of hydrogen-bond acceptors (Lipinski definition) is 5. The van der Waals surface area contributed by atoms with E-state index in [0.717, 1.165) is 21.8 Å². The normalized spacial score (nSPS) is 12.1. The topological polar surface area (TPSA) is 68.5 Å². The Balaban J connectivity index is 1.49. The minimum atomic E-state index is -0.980. The van der Waals surface area contributed by atoms with Crippen LogP contribution in [0.1, 0.15) is 11.1 Å². The number of nitrogens with zero attached hydrogens (tertiary/aromatic N) is 2. The number of nitrogens with two attached hydrogens (primary N) is 1. The molecule has 4 aromatic rings. The number of carbonyl (C=O) groups excluding carboxylic acids is 1. The Morgan fingerprint density at radius 1 is 1.03 bits per heavy atom. The fraction of sp³-hybridized carbons (Fsp3) is 0.200. The first-order valence-electron chi connectivity index (χ1n) is 10.5. The number of hydrogen-bond donors (Lipinski definition) is 1. The van der Waals surface area contributed by atoms with E-state index in [-0.39, 0.29) is 25.5 Å². The van der Waals surface area contributed by atoms with Gasteiger partial charge in [0.2, 0.25) is 5.91 Å². The first kappa shape index (κ1) is 23.0. The average molecular weight is 468 g/mol. The summed E-state index contributed by atoms with van der Waals surface area (Å²) >= 11 is 1.51. The quantitative estimate of drug-likeness (QED) is 0.363. The molecule has 1 atom stereocenters. The lowest BCUT2D eigenvalue weighted by molar-refractivity contribution is -0.120. The molecule has 5 nitrogen and oxygen atoms in total. The molecule has 0 spiro atoms. The molecule has 0 saturated carbocycles. The minimum Gasteiger partial charge on any atom is -0.375 e. The number of ether oxygens (including phenoxy) is 1. The van der Waals surface area contributed by atoms with Crippen molar-refractivity contribution in [2.45, 2.75) is 19.1 Å². The third-order valence-corrected chi connectivity index (χ3v) is 5.97. The van der Waals surface area contributed by atoms with E-state index in [1.165, 1.54) is 23.5 Å². The number of anilines is 1. The van der Waals surface area contributed by atoms with Gasteiger partial charge in [-0.1, -0.05) is 30.3 Å². The lowest BCUT2D eigenvalue weighted by atomic mass is 10.0. The molecule has 1 amide bonds. The van der Waals surface area contributed by atoms with E-state index >= 15 is 0 Å². The highest BCUT2D eigenvalue weighted by Crippen LogP contribution is 2.25. The lowest BCUT2D eigenvalue weighted by Gasteiger charge is -2.26. The molecule has 0 aliphatic rings. The van der Waals surface area contributed by atoms with Crippen molar-refractivity contribution in [2.24, 2.45) is 5.73 Å². The predicted molar refractivity (Wildman–Crippen MR) is 126 cm³/mol. The molecule has 0 radical (unpaired) electrons. The molecule has 0 bridgehead atoms.